The molecule has 80 valence electrons. The Kier molecular flexibility index (Phi) is 5.52. The minimum absolute atomic E-state index is 0.269. The van der Waals surface area contributed by atoms with Crippen LogP contribution in [0.15, 0.2) is 15.9 Å². The second-order valence-electron chi connectivity index (χ2n) is 3.12. The van der Waals surface area contributed by atoms with Crippen LogP contribution in [-0.4, -0.2) is 11.8 Å². The molecule has 0 fully saturated rings. The van der Waals surface area contributed by atoms with Crippen LogP contribution in [0, 0.1) is 0 Å². The molecule has 14 heavy (non-hydrogen) atoms. The van der Waals surface area contributed by atoms with E-state index in [1.807, 2.05) is 11.8 Å². The second kappa shape index (κ2) is 6.16. The van der Waals surface area contributed by atoms with Crippen LogP contribution in [0.3, 0.4) is 0 Å². The van der Waals surface area contributed by atoms with E-state index in [-0.39, 0.29) is 6.04 Å². The first-order valence-corrected chi connectivity index (χ1v) is 7.52. The SMILES string of the molecule is CCSC(c1cc(Br)cs1)C(N)CC. The Morgan fingerprint density at radius 1 is 1.57 bits per heavy atom. The minimum Gasteiger partial charge on any atom is -0.326 e. The molecule has 1 aromatic rings. The summed E-state index contributed by atoms with van der Waals surface area (Å²) in [6.07, 6.45) is 1.03. The van der Waals surface area contributed by atoms with Gasteiger partial charge in [-0.15, -0.1) is 11.3 Å². The lowest BCUT2D eigenvalue weighted by molar-refractivity contribution is 0.640. The molecule has 2 unspecified atom stereocenters. The van der Waals surface area contributed by atoms with Crippen LogP contribution in [0.2, 0.25) is 0 Å². The molecule has 1 rings (SSSR count). The van der Waals surface area contributed by atoms with E-state index < -0.39 is 0 Å². The van der Waals surface area contributed by atoms with Gasteiger partial charge in [-0.05, 0) is 34.2 Å². The van der Waals surface area contributed by atoms with E-state index in [0.717, 1.165) is 12.2 Å². The summed E-state index contributed by atoms with van der Waals surface area (Å²) >= 11 is 7.22. The zero-order chi connectivity index (χ0) is 10.6. The molecule has 0 spiro atoms. The van der Waals surface area contributed by atoms with Crippen LogP contribution in [0.1, 0.15) is 30.4 Å². The van der Waals surface area contributed by atoms with Gasteiger partial charge in [0.05, 0.1) is 5.25 Å². The highest BCUT2D eigenvalue weighted by molar-refractivity contribution is 9.10. The third kappa shape index (κ3) is 3.26. The van der Waals surface area contributed by atoms with Crippen molar-refractivity contribution < 1.29 is 0 Å². The highest BCUT2D eigenvalue weighted by Gasteiger charge is 2.19. The van der Waals surface area contributed by atoms with Gasteiger partial charge in [-0.2, -0.15) is 11.8 Å². The highest BCUT2D eigenvalue weighted by atomic mass is 79.9. The van der Waals surface area contributed by atoms with Gasteiger partial charge in [0.25, 0.3) is 0 Å². The summed E-state index contributed by atoms with van der Waals surface area (Å²) in [6.45, 7) is 4.33. The third-order valence-corrected chi connectivity index (χ3v) is 5.30. The molecule has 0 aliphatic heterocycles. The fourth-order valence-electron chi connectivity index (χ4n) is 1.29. The van der Waals surface area contributed by atoms with E-state index in [0.29, 0.717) is 5.25 Å². The molecular weight excluding hydrogens is 278 g/mol. The lowest BCUT2D eigenvalue weighted by Gasteiger charge is -2.20. The van der Waals surface area contributed by atoms with Crippen LogP contribution in [0.25, 0.3) is 0 Å². The van der Waals surface area contributed by atoms with E-state index in [1.54, 1.807) is 11.3 Å². The fraction of sp³-hybridized carbons (Fsp3) is 0.600. The molecule has 0 saturated carbocycles. The fourth-order valence-corrected chi connectivity index (χ4v) is 4.19. The number of halogens is 1. The topological polar surface area (TPSA) is 26.0 Å². The lowest BCUT2D eigenvalue weighted by atomic mass is 10.1. The van der Waals surface area contributed by atoms with Crippen molar-refractivity contribution in [2.75, 3.05) is 5.75 Å². The van der Waals surface area contributed by atoms with Crippen molar-refractivity contribution in [2.45, 2.75) is 31.6 Å². The number of thiophene rings is 1. The highest BCUT2D eigenvalue weighted by Crippen LogP contribution is 2.37. The van der Waals surface area contributed by atoms with Crippen molar-refractivity contribution in [1.29, 1.82) is 0 Å². The summed E-state index contributed by atoms with van der Waals surface area (Å²) in [6, 6.07) is 2.46. The molecule has 1 nitrogen and oxygen atoms in total. The van der Waals surface area contributed by atoms with E-state index in [9.17, 15) is 0 Å². The molecule has 4 heteroatoms. The van der Waals surface area contributed by atoms with Crippen molar-refractivity contribution in [3.05, 3.63) is 20.8 Å². The third-order valence-electron chi connectivity index (χ3n) is 2.07. The quantitative estimate of drug-likeness (QED) is 0.887. The second-order valence-corrected chi connectivity index (χ2v) is 6.39. The van der Waals surface area contributed by atoms with Crippen molar-refractivity contribution in [3.8, 4) is 0 Å². The van der Waals surface area contributed by atoms with E-state index in [4.69, 9.17) is 5.73 Å². The van der Waals surface area contributed by atoms with Crippen LogP contribution in [0.4, 0.5) is 0 Å². The van der Waals surface area contributed by atoms with Crippen molar-refractivity contribution in [1.82, 2.24) is 0 Å². The zero-order valence-electron chi connectivity index (χ0n) is 8.50. The Bertz CT molecular complexity index is 275. The summed E-state index contributed by atoms with van der Waals surface area (Å²) in [5, 5.41) is 2.59. The van der Waals surface area contributed by atoms with Gasteiger partial charge >= 0.3 is 0 Å². The van der Waals surface area contributed by atoms with Crippen LogP contribution >= 0.6 is 39.0 Å². The minimum atomic E-state index is 0.269. The Morgan fingerprint density at radius 3 is 2.71 bits per heavy atom. The Balaban J connectivity index is 2.76. The molecule has 0 aromatic carbocycles. The summed E-state index contributed by atoms with van der Waals surface area (Å²) in [7, 11) is 0. The van der Waals surface area contributed by atoms with Gasteiger partial charge in [-0.1, -0.05) is 13.8 Å². The Labute approximate surface area is 103 Å². The van der Waals surface area contributed by atoms with E-state index in [1.165, 1.54) is 9.35 Å². The van der Waals surface area contributed by atoms with Crippen LogP contribution in [0.5, 0.6) is 0 Å². The standard InChI is InChI=1S/C10H16BrNS2/c1-3-8(12)10(13-4-2)9-5-7(11)6-14-9/h5-6,8,10H,3-4,12H2,1-2H3. The van der Waals surface area contributed by atoms with Crippen LogP contribution < -0.4 is 5.73 Å². The Hall–Kier alpha value is 0.490. The van der Waals surface area contributed by atoms with Gasteiger partial charge in [-0.3, -0.25) is 0 Å². The number of hydrogen-bond donors (Lipinski definition) is 1. The van der Waals surface area contributed by atoms with E-state index >= 15 is 0 Å². The Morgan fingerprint density at radius 2 is 2.29 bits per heavy atom. The molecule has 0 aliphatic rings. The first kappa shape index (κ1) is 12.6. The number of nitrogens with two attached hydrogens (primary N) is 1. The molecule has 0 aliphatic carbocycles. The monoisotopic (exact) mass is 293 g/mol. The maximum atomic E-state index is 6.12. The molecule has 1 heterocycles. The summed E-state index contributed by atoms with van der Waals surface area (Å²) in [5.74, 6) is 1.12. The maximum Gasteiger partial charge on any atom is 0.0542 e. The number of hydrogen-bond acceptors (Lipinski definition) is 3. The molecule has 0 saturated heterocycles. The van der Waals surface area contributed by atoms with Gasteiger partial charge < -0.3 is 5.73 Å². The van der Waals surface area contributed by atoms with Gasteiger partial charge in [0.15, 0.2) is 0 Å². The van der Waals surface area contributed by atoms with E-state index in [2.05, 4.69) is 41.2 Å². The van der Waals surface area contributed by atoms with Gasteiger partial charge in [0, 0.05) is 20.8 Å². The first-order valence-electron chi connectivity index (χ1n) is 4.80. The normalized spacial score (nSPS) is 15.4. The summed E-state index contributed by atoms with van der Waals surface area (Å²) in [5.41, 5.74) is 6.12. The zero-order valence-corrected chi connectivity index (χ0v) is 11.7. The van der Waals surface area contributed by atoms with Crippen molar-refractivity contribution in [3.63, 3.8) is 0 Å². The van der Waals surface area contributed by atoms with Crippen LogP contribution in [-0.2, 0) is 0 Å². The molecule has 0 bridgehead atoms. The molecule has 2 N–H and O–H groups in total. The van der Waals surface area contributed by atoms with Gasteiger partial charge in [-0.25, -0.2) is 0 Å². The number of rotatable bonds is 5. The number of thioether (sulfide) groups is 1. The van der Waals surface area contributed by atoms with Crippen molar-refractivity contribution in [2.24, 2.45) is 5.73 Å². The predicted molar refractivity (Wildman–Crippen MR) is 71.2 cm³/mol. The lowest BCUT2D eigenvalue weighted by Crippen LogP contribution is -2.25. The van der Waals surface area contributed by atoms with Crippen molar-refractivity contribution >= 4 is 39.0 Å². The predicted octanol–water partition coefficient (Wildman–Crippen LogP) is 4.04. The molecular formula is C10H16BrNS2. The molecule has 0 radical (unpaired) electrons. The van der Waals surface area contributed by atoms with Gasteiger partial charge in [0.2, 0.25) is 0 Å². The molecule has 0 amide bonds. The maximum absolute atomic E-state index is 6.12. The smallest absolute Gasteiger partial charge is 0.0542 e. The first-order chi connectivity index (χ1) is 6.69. The average molecular weight is 294 g/mol. The molecule has 2 atom stereocenters. The molecule has 1 aromatic heterocycles. The largest absolute Gasteiger partial charge is 0.326 e. The summed E-state index contributed by atoms with van der Waals surface area (Å²) in [4.78, 5) is 1.39. The summed E-state index contributed by atoms with van der Waals surface area (Å²) < 4.78 is 1.17. The average Bonchev–Trinajstić information content (AvgIpc) is 2.60. The van der Waals surface area contributed by atoms with Gasteiger partial charge in [0.1, 0.15) is 0 Å².